The third-order valence-electron chi connectivity index (χ3n) is 7.96. The molecule has 3 fully saturated rings. The Morgan fingerprint density at radius 3 is 2.66 bits per heavy atom. The average Bonchev–Trinajstić information content (AvgIpc) is 3.35. The predicted molar refractivity (Wildman–Crippen MR) is 146 cm³/mol. The first kappa shape index (κ1) is 26.6. The fraction of sp³-hybridized carbons (Fsp3) is 0.577. The molecule has 3 saturated heterocycles. The molecule has 0 spiro atoms. The third-order valence-corrected chi connectivity index (χ3v) is 9.27. The lowest BCUT2D eigenvalue weighted by molar-refractivity contribution is 0.0500. The fourth-order valence-electron chi connectivity index (χ4n) is 6.21. The van der Waals surface area contributed by atoms with Crippen LogP contribution in [0.3, 0.4) is 0 Å². The number of halogens is 1. The number of aromatic nitrogens is 2. The van der Waals surface area contributed by atoms with Gasteiger partial charge < -0.3 is 15.5 Å². The van der Waals surface area contributed by atoms with E-state index < -0.39 is 15.8 Å². The number of benzene rings is 1. The summed E-state index contributed by atoms with van der Waals surface area (Å²) in [5, 5.41) is 16.2. The zero-order valence-corrected chi connectivity index (χ0v) is 22.9. The second-order valence-corrected chi connectivity index (χ2v) is 13.1. The normalized spacial score (nSPS) is 24.0. The van der Waals surface area contributed by atoms with Gasteiger partial charge in [0.2, 0.25) is 16.0 Å². The topological polar surface area (TPSA) is 117 Å². The van der Waals surface area contributed by atoms with Crippen molar-refractivity contribution in [2.45, 2.75) is 57.2 Å². The summed E-state index contributed by atoms with van der Waals surface area (Å²) in [4.78, 5) is 13.1. The van der Waals surface area contributed by atoms with Gasteiger partial charge in [0.25, 0.3) is 0 Å². The quantitative estimate of drug-likeness (QED) is 0.568. The monoisotopic (exact) mass is 542 g/mol. The van der Waals surface area contributed by atoms with Gasteiger partial charge in [-0.1, -0.05) is 0 Å². The maximum Gasteiger partial charge on any atom is 0.229 e. The lowest BCUT2D eigenvalue weighted by Gasteiger charge is -2.47. The van der Waals surface area contributed by atoms with E-state index in [1.807, 2.05) is 17.0 Å². The third kappa shape index (κ3) is 5.55. The number of piperidine rings is 1. The number of nitrogens with zero attached hydrogens (tertiary/aromatic N) is 6. The maximum atomic E-state index is 14.7. The zero-order valence-electron chi connectivity index (χ0n) is 22.1. The molecule has 12 heteroatoms. The van der Waals surface area contributed by atoms with Gasteiger partial charge >= 0.3 is 0 Å². The Bertz CT molecular complexity index is 1340. The molecule has 10 nitrogen and oxygen atoms in total. The molecule has 0 amide bonds. The number of piperazine rings is 1. The van der Waals surface area contributed by atoms with Crippen LogP contribution in [-0.4, -0.2) is 84.2 Å². The molecule has 1 aromatic carbocycles. The van der Waals surface area contributed by atoms with Crippen molar-refractivity contribution in [1.82, 2.24) is 19.2 Å². The summed E-state index contributed by atoms with van der Waals surface area (Å²) in [7, 11) is -3.23. The average molecular weight is 543 g/mol. The van der Waals surface area contributed by atoms with E-state index in [-0.39, 0.29) is 23.3 Å². The second-order valence-electron chi connectivity index (χ2n) is 11.1. The Balaban J connectivity index is 1.28. The highest BCUT2D eigenvalue weighted by Crippen LogP contribution is 2.38. The van der Waals surface area contributed by atoms with E-state index in [1.54, 1.807) is 6.07 Å². The molecule has 0 saturated carbocycles. The first-order valence-electron chi connectivity index (χ1n) is 13.1. The van der Waals surface area contributed by atoms with E-state index in [0.717, 1.165) is 31.3 Å². The van der Waals surface area contributed by atoms with Crippen molar-refractivity contribution in [3.8, 4) is 6.07 Å². The number of nitrogens with one attached hydrogen (secondary N) is 2. The van der Waals surface area contributed by atoms with Crippen molar-refractivity contribution in [2.75, 3.05) is 54.5 Å². The van der Waals surface area contributed by atoms with Crippen molar-refractivity contribution < 1.29 is 12.8 Å². The van der Waals surface area contributed by atoms with Gasteiger partial charge in [0.05, 0.1) is 23.7 Å². The molecular weight excluding hydrogens is 507 g/mol. The largest absolute Gasteiger partial charge is 0.368 e. The second kappa shape index (κ2) is 10.3. The standard InChI is InChI=1S/C26H35FN8O2S/c1-26(2)15-20(14-21-5-4-8-35(21)26)30-24-22(27)17-29-25(32-24)31-19-6-7-23(18(13-19)16-28)33-9-11-34(12-10-33)38(3,36)37/h6-7,13,17,20-21H,4-5,8-12,14-15H2,1-3H3,(H2,29,30,31,32)/t20-,21+/m1/s1. The van der Waals surface area contributed by atoms with Gasteiger partial charge in [-0.25, -0.2) is 17.8 Å². The number of anilines is 4. The molecule has 0 aliphatic carbocycles. The number of fused-ring (bicyclic) bond motifs is 1. The van der Waals surface area contributed by atoms with Crippen LogP contribution in [0.4, 0.5) is 27.5 Å². The molecule has 3 aliphatic rings. The van der Waals surface area contributed by atoms with Crippen molar-refractivity contribution >= 4 is 33.2 Å². The number of sulfonamides is 1. The first-order valence-corrected chi connectivity index (χ1v) is 15.0. The molecule has 38 heavy (non-hydrogen) atoms. The van der Waals surface area contributed by atoms with Crippen molar-refractivity contribution in [3.63, 3.8) is 0 Å². The van der Waals surface area contributed by atoms with Gasteiger partial charge in [0.15, 0.2) is 11.6 Å². The van der Waals surface area contributed by atoms with Crippen molar-refractivity contribution in [2.24, 2.45) is 0 Å². The summed E-state index contributed by atoms with van der Waals surface area (Å²) in [6.07, 6.45) is 6.61. The molecule has 0 radical (unpaired) electrons. The molecule has 1 aromatic heterocycles. The van der Waals surface area contributed by atoms with Crippen LogP contribution < -0.4 is 15.5 Å². The van der Waals surface area contributed by atoms with E-state index in [2.05, 4.69) is 45.4 Å². The van der Waals surface area contributed by atoms with E-state index in [1.165, 1.54) is 23.4 Å². The molecule has 4 heterocycles. The SMILES string of the molecule is CC1(C)C[C@H](Nc2nc(Nc3ccc(N4CCN(S(C)(=O)=O)CC4)c(C#N)c3)ncc2F)C[C@@H]2CCCN21. The minimum atomic E-state index is -3.23. The highest BCUT2D eigenvalue weighted by Gasteiger charge is 2.43. The summed E-state index contributed by atoms with van der Waals surface area (Å²) in [6, 6.07) is 8.21. The predicted octanol–water partition coefficient (Wildman–Crippen LogP) is 3.13. The van der Waals surface area contributed by atoms with Gasteiger partial charge in [-0.05, 0) is 64.3 Å². The molecule has 2 N–H and O–H groups in total. The molecule has 0 unspecified atom stereocenters. The molecule has 3 aliphatic heterocycles. The highest BCUT2D eigenvalue weighted by molar-refractivity contribution is 7.88. The van der Waals surface area contributed by atoms with Gasteiger partial charge in [0, 0.05) is 49.5 Å². The van der Waals surface area contributed by atoms with Crippen LogP contribution in [0.1, 0.15) is 45.1 Å². The summed E-state index contributed by atoms with van der Waals surface area (Å²) in [5.74, 6) is -0.0796. The van der Waals surface area contributed by atoms with Crippen molar-refractivity contribution in [1.29, 1.82) is 5.26 Å². The van der Waals surface area contributed by atoms with Crippen molar-refractivity contribution in [3.05, 3.63) is 35.8 Å². The first-order chi connectivity index (χ1) is 18.0. The number of hydrogen-bond donors (Lipinski definition) is 2. The minimum absolute atomic E-state index is 0.0501. The van der Waals surface area contributed by atoms with E-state index in [4.69, 9.17) is 0 Å². The Kier molecular flexibility index (Phi) is 7.19. The van der Waals surface area contributed by atoms with Crippen LogP contribution in [0.15, 0.2) is 24.4 Å². The number of hydrogen-bond acceptors (Lipinski definition) is 9. The van der Waals surface area contributed by atoms with Crippen LogP contribution in [-0.2, 0) is 10.0 Å². The Morgan fingerprint density at radius 1 is 1.18 bits per heavy atom. The summed E-state index contributed by atoms with van der Waals surface area (Å²) in [6.45, 7) is 7.39. The summed E-state index contributed by atoms with van der Waals surface area (Å²) in [5.41, 5.74) is 1.86. The van der Waals surface area contributed by atoms with Crippen LogP contribution >= 0.6 is 0 Å². The molecule has 5 rings (SSSR count). The van der Waals surface area contributed by atoms with Gasteiger partial charge in [-0.15, -0.1) is 0 Å². The lowest BCUT2D eigenvalue weighted by Crippen LogP contribution is -2.55. The summed E-state index contributed by atoms with van der Waals surface area (Å²) >= 11 is 0. The van der Waals surface area contributed by atoms with Crippen LogP contribution in [0.2, 0.25) is 0 Å². The van der Waals surface area contributed by atoms with Gasteiger partial charge in [-0.3, -0.25) is 4.90 Å². The minimum Gasteiger partial charge on any atom is -0.368 e. The number of rotatable bonds is 6. The Morgan fingerprint density at radius 2 is 1.95 bits per heavy atom. The maximum absolute atomic E-state index is 14.7. The molecule has 2 atom stereocenters. The fourth-order valence-corrected chi connectivity index (χ4v) is 7.04. The molecule has 0 bridgehead atoms. The lowest BCUT2D eigenvalue weighted by atomic mass is 9.84. The number of nitriles is 1. The zero-order chi connectivity index (χ0) is 27.1. The van der Waals surface area contributed by atoms with E-state index in [0.29, 0.717) is 43.5 Å². The van der Waals surface area contributed by atoms with E-state index >= 15 is 0 Å². The molecule has 2 aromatic rings. The van der Waals surface area contributed by atoms with Crippen LogP contribution in [0.25, 0.3) is 0 Å². The van der Waals surface area contributed by atoms with Gasteiger partial charge in [-0.2, -0.15) is 14.6 Å². The summed E-state index contributed by atoms with van der Waals surface area (Å²) < 4.78 is 39.7. The molecular formula is C26H35FN8O2S. The highest BCUT2D eigenvalue weighted by atomic mass is 32.2. The Hall–Kier alpha value is -3.01. The van der Waals surface area contributed by atoms with Crippen LogP contribution in [0, 0.1) is 17.1 Å². The van der Waals surface area contributed by atoms with Gasteiger partial charge in [0.1, 0.15) is 6.07 Å². The van der Waals surface area contributed by atoms with E-state index in [9.17, 15) is 18.1 Å². The molecule has 204 valence electrons. The van der Waals surface area contributed by atoms with Crippen LogP contribution in [0.5, 0.6) is 0 Å². The Labute approximate surface area is 223 Å². The smallest absolute Gasteiger partial charge is 0.229 e.